The number of hydrogen-bond acceptors (Lipinski definition) is 3. The van der Waals surface area contributed by atoms with Gasteiger partial charge in [0.1, 0.15) is 11.6 Å². The van der Waals surface area contributed by atoms with Crippen LogP contribution in [0.25, 0.3) is 0 Å². The molecule has 3 heteroatoms. The summed E-state index contributed by atoms with van der Waals surface area (Å²) in [5.41, 5.74) is 3.16. The molecule has 102 valence electrons. The topological polar surface area (TPSA) is 45.9 Å². The largest absolute Gasteiger partial charge is 0.477 e. The lowest BCUT2D eigenvalue weighted by atomic mass is 9.93. The fraction of sp³-hybridized carbons (Fsp3) is 0.625. The van der Waals surface area contributed by atoms with Gasteiger partial charge in [-0.15, -0.1) is 0 Å². The van der Waals surface area contributed by atoms with Gasteiger partial charge >= 0.3 is 0 Å². The maximum absolute atomic E-state index is 9.21. The molecular formula is C16H22N2O. The molecule has 0 saturated heterocycles. The number of nitrogens with zero attached hydrogens (tertiary/aromatic N) is 2. The van der Waals surface area contributed by atoms with E-state index in [1.165, 1.54) is 18.4 Å². The minimum absolute atomic E-state index is 0.237. The van der Waals surface area contributed by atoms with Crippen molar-refractivity contribution in [2.45, 2.75) is 52.9 Å². The molecule has 1 heterocycles. The summed E-state index contributed by atoms with van der Waals surface area (Å²) in [6.45, 7) is 7.16. The van der Waals surface area contributed by atoms with Crippen LogP contribution in [-0.2, 0) is 12.8 Å². The Morgan fingerprint density at radius 2 is 2.05 bits per heavy atom. The molecule has 1 aliphatic carbocycles. The minimum atomic E-state index is 0.237. The van der Waals surface area contributed by atoms with E-state index in [4.69, 9.17) is 4.74 Å². The smallest absolute Gasteiger partial charge is 0.231 e. The fourth-order valence-corrected chi connectivity index (χ4v) is 2.26. The van der Waals surface area contributed by atoms with Crippen LogP contribution in [0.1, 0.15) is 56.9 Å². The Labute approximate surface area is 115 Å². The van der Waals surface area contributed by atoms with Crippen LogP contribution in [0.3, 0.4) is 0 Å². The van der Waals surface area contributed by atoms with Crippen molar-refractivity contribution < 1.29 is 4.74 Å². The number of nitriles is 1. The summed E-state index contributed by atoms with van der Waals surface area (Å²) in [5, 5.41) is 9.21. The molecule has 1 aromatic heterocycles. The van der Waals surface area contributed by atoms with Gasteiger partial charge in [-0.2, -0.15) is 5.26 Å². The molecule has 0 unspecified atom stereocenters. The molecule has 0 aliphatic heterocycles. The first-order valence-corrected chi connectivity index (χ1v) is 7.05. The summed E-state index contributed by atoms with van der Waals surface area (Å²) in [5.74, 6) is 0.521. The fourth-order valence-electron chi connectivity index (χ4n) is 2.26. The third-order valence-corrected chi connectivity index (χ3v) is 3.48. The van der Waals surface area contributed by atoms with Crippen LogP contribution in [0.15, 0.2) is 6.07 Å². The predicted octanol–water partition coefficient (Wildman–Crippen LogP) is 3.65. The monoisotopic (exact) mass is 258 g/mol. The third kappa shape index (κ3) is 3.70. The third-order valence-electron chi connectivity index (χ3n) is 3.48. The van der Waals surface area contributed by atoms with Gasteiger partial charge in [0.2, 0.25) is 5.88 Å². The molecule has 0 N–H and O–H groups in total. The second kappa shape index (κ2) is 5.61. The van der Waals surface area contributed by atoms with Crippen LogP contribution in [-0.4, -0.2) is 11.6 Å². The van der Waals surface area contributed by atoms with Crippen molar-refractivity contribution in [1.29, 1.82) is 5.26 Å². The first-order chi connectivity index (χ1) is 8.99. The van der Waals surface area contributed by atoms with E-state index in [-0.39, 0.29) is 5.41 Å². The molecule has 3 nitrogen and oxygen atoms in total. The van der Waals surface area contributed by atoms with Crippen molar-refractivity contribution in [1.82, 2.24) is 4.98 Å². The van der Waals surface area contributed by atoms with Crippen molar-refractivity contribution in [2.75, 3.05) is 6.61 Å². The number of aryl methyl sites for hydroxylation is 2. The first kappa shape index (κ1) is 13.9. The molecule has 0 saturated carbocycles. The van der Waals surface area contributed by atoms with E-state index in [2.05, 4.69) is 31.8 Å². The highest BCUT2D eigenvalue weighted by atomic mass is 16.5. The van der Waals surface area contributed by atoms with Gasteiger partial charge < -0.3 is 4.74 Å². The minimum Gasteiger partial charge on any atom is -0.477 e. The van der Waals surface area contributed by atoms with Crippen LogP contribution in [0.2, 0.25) is 0 Å². The standard InChI is InChI=1S/C16H22N2O/c1-16(2,3)8-9-19-15-13(11-17)10-12-6-4-5-7-14(12)18-15/h10H,4-9H2,1-3H3. The van der Waals surface area contributed by atoms with Crippen LogP contribution in [0.5, 0.6) is 5.88 Å². The molecule has 0 spiro atoms. The molecule has 0 radical (unpaired) electrons. The average molecular weight is 258 g/mol. The van der Waals surface area contributed by atoms with E-state index in [1.807, 2.05) is 6.07 Å². The van der Waals surface area contributed by atoms with E-state index >= 15 is 0 Å². The Balaban J connectivity index is 2.13. The zero-order chi connectivity index (χ0) is 13.9. The van der Waals surface area contributed by atoms with Gasteiger partial charge in [-0.1, -0.05) is 20.8 Å². The lowest BCUT2D eigenvalue weighted by Crippen LogP contribution is -2.13. The van der Waals surface area contributed by atoms with Gasteiger partial charge in [-0.3, -0.25) is 0 Å². The Kier molecular flexibility index (Phi) is 4.09. The summed E-state index contributed by atoms with van der Waals surface area (Å²) in [4.78, 5) is 4.56. The number of aromatic nitrogens is 1. The Bertz CT molecular complexity index is 495. The van der Waals surface area contributed by atoms with Gasteiger partial charge in [-0.25, -0.2) is 4.98 Å². The molecule has 0 fully saturated rings. The van der Waals surface area contributed by atoms with Crippen molar-refractivity contribution >= 4 is 0 Å². The molecule has 19 heavy (non-hydrogen) atoms. The molecule has 0 aromatic carbocycles. The SMILES string of the molecule is CC(C)(C)CCOc1nc2c(cc1C#N)CCCC2. The zero-order valence-electron chi connectivity index (χ0n) is 12.1. The van der Waals surface area contributed by atoms with Gasteiger partial charge in [0.05, 0.1) is 6.61 Å². The Hall–Kier alpha value is -1.56. The quantitative estimate of drug-likeness (QED) is 0.831. The Morgan fingerprint density at radius 1 is 1.32 bits per heavy atom. The van der Waals surface area contributed by atoms with E-state index in [0.717, 1.165) is 25.0 Å². The van der Waals surface area contributed by atoms with Crippen LogP contribution < -0.4 is 4.74 Å². The number of ether oxygens (including phenoxy) is 1. The molecule has 1 aliphatic rings. The second-order valence-corrected chi connectivity index (χ2v) is 6.42. The summed E-state index contributed by atoms with van der Waals surface area (Å²) in [6, 6.07) is 4.17. The maximum Gasteiger partial charge on any atom is 0.231 e. The van der Waals surface area contributed by atoms with Crippen molar-refractivity contribution in [3.05, 3.63) is 22.9 Å². The van der Waals surface area contributed by atoms with Crippen molar-refractivity contribution in [3.63, 3.8) is 0 Å². The molecular weight excluding hydrogens is 236 g/mol. The molecule has 0 atom stereocenters. The van der Waals surface area contributed by atoms with Crippen molar-refractivity contribution in [3.8, 4) is 11.9 Å². The highest BCUT2D eigenvalue weighted by molar-refractivity contribution is 5.43. The number of fused-ring (bicyclic) bond motifs is 1. The van der Waals surface area contributed by atoms with Gasteiger partial charge in [0.25, 0.3) is 0 Å². The lowest BCUT2D eigenvalue weighted by molar-refractivity contribution is 0.235. The zero-order valence-corrected chi connectivity index (χ0v) is 12.1. The Morgan fingerprint density at radius 3 is 2.74 bits per heavy atom. The van der Waals surface area contributed by atoms with Gasteiger partial charge in [-0.05, 0) is 49.1 Å². The number of hydrogen-bond donors (Lipinski definition) is 0. The summed E-state index contributed by atoms with van der Waals surface area (Å²) in [7, 11) is 0. The van der Waals surface area contributed by atoms with Crippen molar-refractivity contribution in [2.24, 2.45) is 5.41 Å². The normalized spacial score (nSPS) is 14.6. The van der Waals surface area contributed by atoms with E-state index in [9.17, 15) is 5.26 Å². The van der Waals surface area contributed by atoms with E-state index in [1.54, 1.807) is 0 Å². The van der Waals surface area contributed by atoms with Crippen LogP contribution >= 0.6 is 0 Å². The number of rotatable bonds is 3. The lowest BCUT2D eigenvalue weighted by Gasteiger charge is -2.20. The van der Waals surface area contributed by atoms with Gasteiger partial charge in [0, 0.05) is 5.69 Å². The summed E-state index contributed by atoms with van der Waals surface area (Å²) >= 11 is 0. The van der Waals surface area contributed by atoms with Crippen LogP contribution in [0, 0.1) is 16.7 Å². The number of pyridine rings is 1. The maximum atomic E-state index is 9.21. The average Bonchev–Trinajstić information content (AvgIpc) is 2.36. The molecule has 1 aromatic rings. The molecule has 0 amide bonds. The first-order valence-electron chi connectivity index (χ1n) is 7.05. The highest BCUT2D eigenvalue weighted by Crippen LogP contribution is 2.26. The van der Waals surface area contributed by atoms with E-state index < -0.39 is 0 Å². The highest BCUT2D eigenvalue weighted by Gasteiger charge is 2.17. The predicted molar refractivity (Wildman–Crippen MR) is 75.2 cm³/mol. The second-order valence-electron chi connectivity index (χ2n) is 6.42. The summed E-state index contributed by atoms with van der Waals surface area (Å²) < 4.78 is 5.74. The van der Waals surface area contributed by atoms with Crippen LogP contribution in [0.4, 0.5) is 0 Å². The van der Waals surface area contributed by atoms with E-state index in [0.29, 0.717) is 18.1 Å². The molecule has 0 bridgehead atoms. The molecule has 2 rings (SSSR count). The van der Waals surface area contributed by atoms with Gasteiger partial charge in [0.15, 0.2) is 0 Å². The summed E-state index contributed by atoms with van der Waals surface area (Å²) in [6.07, 6.45) is 5.39.